The molecule has 8 heteroatoms. The number of hydrogen-bond acceptors (Lipinski definition) is 6. The van der Waals surface area contributed by atoms with E-state index < -0.39 is 6.04 Å². The van der Waals surface area contributed by atoms with Crippen molar-refractivity contribution in [3.05, 3.63) is 71.8 Å². The molecule has 0 saturated heterocycles. The number of methoxy groups -OCH3 is 1. The van der Waals surface area contributed by atoms with Crippen LogP contribution in [0.2, 0.25) is 0 Å². The number of carbonyl (C=O) groups is 1. The minimum absolute atomic E-state index is 0.199. The summed E-state index contributed by atoms with van der Waals surface area (Å²) in [6.07, 6.45) is 2.17. The summed E-state index contributed by atoms with van der Waals surface area (Å²) < 4.78 is 18.6. The van der Waals surface area contributed by atoms with Gasteiger partial charge in [-0.15, -0.1) is 0 Å². The number of aliphatic hydroxyl groups is 1. The lowest BCUT2D eigenvalue weighted by Crippen LogP contribution is -2.15. The van der Waals surface area contributed by atoms with Gasteiger partial charge in [0.1, 0.15) is 35.6 Å². The van der Waals surface area contributed by atoms with Gasteiger partial charge in [0.2, 0.25) is 0 Å². The number of ether oxygens (including phenoxy) is 1. The maximum atomic E-state index is 13.2. The number of benzene rings is 2. The van der Waals surface area contributed by atoms with E-state index in [1.165, 1.54) is 25.6 Å². The minimum atomic E-state index is -0.469. The molecule has 0 aliphatic rings. The summed E-state index contributed by atoms with van der Waals surface area (Å²) in [6, 6.07) is 12.5. The Morgan fingerprint density at radius 2 is 2.00 bits per heavy atom. The van der Waals surface area contributed by atoms with Crippen molar-refractivity contribution in [2.75, 3.05) is 19.0 Å². The molecule has 0 amide bonds. The molecule has 152 valence electrons. The number of hydrogen-bond donors (Lipinski definition) is 3. The van der Waals surface area contributed by atoms with Crippen LogP contribution in [-0.4, -0.2) is 40.1 Å². The quantitative estimate of drug-likeness (QED) is 0.405. The molecular formula is C22H19FN4O3. The highest BCUT2D eigenvalue weighted by Crippen LogP contribution is 2.34. The number of nitrogens with one attached hydrogen (secondary N) is 2. The van der Waals surface area contributed by atoms with Crippen molar-refractivity contribution in [2.45, 2.75) is 6.04 Å². The largest absolute Gasteiger partial charge is 0.496 e. The molecule has 4 rings (SSSR count). The number of aromatic amines is 1. The van der Waals surface area contributed by atoms with Crippen LogP contribution in [0, 0.1) is 5.82 Å². The molecular weight excluding hydrogens is 387 g/mol. The van der Waals surface area contributed by atoms with Crippen LogP contribution >= 0.6 is 0 Å². The number of rotatable bonds is 7. The highest BCUT2D eigenvalue weighted by molar-refractivity contribution is 5.92. The molecule has 7 nitrogen and oxygen atoms in total. The highest BCUT2D eigenvalue weighted by atomic mass is 19.1. The van der Waals surface area contributed by atoms with E-state index in [0.29, 0.717) is 22.8 Å². The van der Waals surface area contributed by atoms with Gasteiger partial charge in [-0.1, -0.05) is 18.2 Å². The van der Waals surface area contributed by atoms with Gasteiger partial charge in [0.25, 0.3) is 0 Å². The van der Waals surface area contributed by atoms with Crippen molar-refractivity contribution in [1.29, 1.82) is 0 Å². The van der Waals surface area contributed by atoms with Gasteiger partial charge in [-0.3, -0.25) is 4.79 Å². The fourth-order valence-electron chi connectivity index (χ4n) is 3.30. The fraction of sp³-hybridized carbons (Fsp3) is 0.136. The Hall–Kier alpha value is -3.78. The first-order valence-electron chi connectivity index (χ1n) is 9.23. The molecule has 1 unspecified atom stereocenters. The second-order valence-corrected chi connectivity index (χ2v) is 6.68. The zero-order valence-corrected chi connectivity index (χ0v) is 16.1. The predicted octanol–water partition coefficient (Wildman–Crippen LogP) is 3.73. The van der Waals surface area contributed by atoms with E-state index in [1.54, 1.807) is 30.3 Å². The maximum Gasteiger partial charge on any atom is 0.150 e. The predicted molar refractivity (Wildman–Crippen MR) is 111 cm³/mol. The van der Waals surface area contributed by atoms with E-state index in [1.807, 2.05) is 6.07 Å². The lowest BCUT2D eigenvalue weighted by Gasteiger charge is -2.17. The van der Waals surface area contributed by atoms with Crippen LogP contribution in [0.25, 0.3) is 22.3 Å². The van der Waals surface area contributed by atoms with Gasteiger partial charge in [-0.2, -0.15) is 0 Å². The van der Waals surface area contributed by atoms with Crippen LogP contribution in [0.5, 0.6) is 5.75 Å². The van der Waals surface area contributed by atoms with Gasteiger partial charge in [-0.05, 0) is 35.9 Å². The number of fused-ring (bicyclic) bond motifs is 1. The molecule has 0 aliphatic carbocycles. The maximum absolute atomic E-state index is 13.2. The average Bonchev–Trinajstić information content (AvgIpc) is 3.22. The molecule has 2 heterocycles. The molecule has 2 aromatic heterocycles. The summed E-state index contributed by atoms with van der Waals surface area (Å²) >= 11 is 0. The SMILES string of the molecule is COc1cc(C=O)ccc1-c1cc2c(NC(CO)c3ccc(F)cc3)ncnc2[nH]1. The van der Waals surface area contributed by atoms with Gasteiger partial charge < -0.3 is 20.1 Å². The first kappa shape index (κ1) is 19.5. The number of anilines is 1. The van der Waals surface area contributed by atoms with Crippen molar-refractivity contribution < 1.29 is 19.0 Å². The first-order valence-corrected chi connectivity index (χ1v) is 9.23. The Kier molecular flexibility index (Phi) is 5.40. The van der Waals surface area contributed by atoms with E-state index >= 15 is 0 Å². The molecule has 0 aliphatic heterocycles. The first-order chi connectivity index (χ1) is 14.6. The Labute approximate surface area is 171 Å². The summed E-state index contributed by atoms with van der Waals surface area (Å²) in [4.78, 5) is 22.9. The second kappa shape index (κ2) is 8.30. The minimum Gasteiger partial charge on any atom is -0.496 e. The van der Waals surface area contributed by atoms with Crippen LogP contribution in [0.1, 0.15) is 22.0 Å². The van der Waals surface area contributed by atoms with Crippen LogP contribution < -0.4 is 10.1 Å². The van der Waals surface area contributed by atoms with E-state index in [-0.39, 0.29) is 12.4 Å². The number of halogens is 1. The number of aliphatic hydroxyl groups excluding tert-OH is 1. The van der Waals surface area contributed by atoms with E-state index in [4.69, 9.17) is 4.74 Å². The molecule has 0 fully saturated rings. The number of nitrogens with zero attached hydrogens (tertiary/aromatic N) is 2. The number of carbonyl (C=O) groups excluding carboxylic acids is 1. The summed E-state index contributed by atoms with van der Waals surface area (Å²) in [5, 5.41) is 13.7. The number of aldehydes is 1. The van der Waals surface area contributed by atoms with E-state index in [9.17, 15) is 14.3 Å². The van der Waals surface area contributed by atoms with Crippen molar-refractivity contribution in [3.63, 3.8) is 0 Å². The third-order valence-electron chi connectivity index (χ3n) is 4.84. The van der Waals surface area contributed by atoms with E-state index in [2.05, 4.69) is 20.3 Å². The lowest BCUT2D eigenvalue weighted by molar-refractivity contribution is 0.112. The van der Waals surface area contributed by atoms with Crippen molar-refractivity contribution in [3.8, 4) is 17.0 Å². The second-order valence-electron chi connectivity index (χ2n) is 6.68. The molecule has 3 N–H and O–H groups in total. The van der Waals surface area contributed by atoms with Crippen molar-refractivity contribution in [2.24, 2.45) is 0 Å². The molecule has 30 heavy (non-hydrogen) atoms. The molecule has 1 atom stereocenters. The molecule has 4 aromatic rings. The Bertz CT molecular complexity index is 1190. The van der Waals surface area contributed by atoms with Crippen molar-refractivity contribution in [1.82, 2.24) is 15.0 Å². The van der Waals surface area contributed by atoms with Gasteiger partial charge in [0.15, 0.2) is 0 Å². The summed E-state index contributed by atoms with van der Waals surface area (Å²) in [6.45, 7) is -0.199. The lowest BCUT2D eigenvalue weighted by atomic mass is 10.1. The van der Waals surface area contributed by atoms with Gasteiger partial charge in [-0.25, -0.2) is 14.4 Å². The normalized spacial score (nSPS) is 12.0. The highest BCUT2D eigenvalue weighted by Gasteiger charge is 2.16. The molecule has 0 bridgehead atoms. The zero-order valence-electron chi connectivity index (χ0n) is 16.1. The van der Waals surface area contributed by atoms with Gasteiger partial charge in [0.05, 0.1) is 30.8 Å². The summed E-state index contributed by atoms with van der Waals surface area (Å²) in [5.74, 6) is 0.729. The van der Waals surface area contributed by atoms with Crippen LogP contribution in [0.4, 0.5) is 10.2 Å². The average molecular weight is 406 g/mol. The molecule has 2 aromatic carbocycles. The van der Waals surface area contributed by atoms with E-state index in [0.717, 1.165) is 28.5 Å². The Morgan fingerprint density at radius 3 is 2.70 bits per heavy atom. The molecule has 0 spiro atoms. The van der Waals surface area contributed by atoms with Crippen LogP contribution in [-0.2, 0) is 0 Å². The number of H-pyrrole nitrogens is 1. The van der Waals surface area contributed by atoms with Crippen LogP contribution in [0.3, 0.4) is 0 Å². The number of aromatic nitrogens is 3. The third kappa shape index (κ3) is 3.72. The monoisotopic (exact) mass is 406 g/mol. The molecule has 0 saturated carbocycles. The third-order valence-corrected chi connectivity index (χ3v) is 4.84. The topological polar surface area (TPSA) is 100 Å². The Morgan fingerprint density at radius 1 is 1.20 bits per heavy atom. The standard InChI is InChI=1S/C22H19FN4O3/c1-30-20-8-13(10-28)2-7-16(20)18-9-17-21(26-18)24-12-25-22(17)27-19(11-29)14-3-5-15(23)6-4-14/h2-10,12,19,29H,11H2,1H3,(H2,24,25,26,27). The summed E-state index contributed by atoms with van der Waals surface area (Å²) in [7, 11) is 1.54. The summed E-state index contributed by atoms with van der Waals surface area (Å²) in [5.41, 5.74) is 3.35. The fourth-order valence-corrected chi connectivity index (χ4v) is 3.30. The Balaban J connectivity index is 1.72. The van der Waals surface area contributed by atoms with Gasteiger partial charge >= 0.3 is 0 Å². The van der Waals surface area contributed by atoms with Gasteiger partial charge in [0, 0.05) is 11.1 Å². The zero-order chi connectivity index (χ0) is 21.1. The van der Waals surface area contributed by atoms with Crippen molar-refractivity contribution >= 4 is 23.1 Å². The molecule has 0 radical (unpaired) electrons. The smallest absolute Gasteiger partial charge is 0.150 e. The van der Waals surface area contributed by atoms with Crippen LogP contribution in [0.15, 0.2) is 54.9 Å².